The molecule has 8 nitrogen and oxygen atoms in total. The van der Waals surface area contributed by atoms with Crippen molar-refractivity contribution in [3.63, 3.8) is 0 Å². The molecule has 0 radical (unpaired) electrons. The number of rotatable bonds is 5. The number of aromatic nitrogens is 2. The van der Waals surface area contributed by atoms with Crippen LogP contribution in [0.5, 0.6) is 0 Å². The van der Waals surface area contributed by atoms with Crippen LogP contribution in [0, 0.1) is 0 Å². The fraction of sp³-hybridized carbons (Fsp3) is 0.455. The third kappa shape index (κ3) is 5.13. The molecule has 1 atom stereocenters. The second-order valence-electron chi connectivity index (χ2n) is 7.61. The Kier molecular flexibility index (Phi) is 6.53. The van der Waals surface area contributed by atoms with Gasteiger partial charge in [-0.05, 0) is 37.1 Å². The summed E-state index contributed by atoms with van der Waals surface area (Å²) < 4.78 is 5.90. The Morgan fingerprint density at radius 2 is 2.00 bits per heavy atom. The molecule has 2 aromatic rings. The molecule has 0 bridgehead atoms. The predicted octanol–water partition coefficient (Wildman–Crippen LogP) is 2.52. The average Bonchev–Trinajstić information content (AvgIpc) is 2.99. The Labute approximate surface area is 176 Å². The number of anilines is 2. The topological polar surface area (TPSA) is 87.7 Å². The third-order valence-corrected chi connectivity index (χ3v) is 5.44. The quantitative estimate of drug-likeness (QED) is 0.817. The van der Waals surface area contributed by atoms with Crippen LogP contribution >= 0.6 is 0 Å². The number of amides is 2. The maximum Gasteiger partial charge on any atom is 0.242 e. The Morgan fingerprint density at radius 3 is 2.87 bits per heavy atom. The SMILES string of the molecule is O=C1CCCCCN1CC(=O)N1CCOC(c2cccc(Nc3ccccn3)n2)C1. The first kappa shape index (κ1) is 20.3. The average molecular weight is 409 g/mol. The van der Waals surface area contributed by atoms with Crippen LogP contribution in [0.3, 0.4) is 0 Å². The zero-order valence-corrected chi connectivity index (χ0v) is 17.0. The van der Waals surface area contributed by atoms with E-state index in [0.29, 0.717) is 44.3 Å². The van der Waals surface area contributed by atoms with Crippen molar-refractivity contribution in [2.45, 2.75) is 31.8 Å². The van der Waals surface area contributed by atoms with Gasteiger partial charge < -0.3 is 19.9 Å². The van der Waals surface area contributed by atoms with Gasteiger partial charge in [0.05, 0.1) is 25.4 Å². The van der Waals surface area contributed by atoms with E-state index in [2.05, 4.69) is 15.3 Å². The third-order valence-electron chi connectivity index (χ3n) is 5.44. The van der Waals surface area contributed by atoms with Crippen molar-refractivity contribution in [3.8, 4) is 0 Å². The summed E-state index contributed by atoms with van der Waals surface area (Å²) in [5, 5.41) is 3.18. The number of carbonyl (C=O) groups is 2. The minimum absolute atomic E-state index is 0.0266. The van der Waals surface area contributed by atoms with Crippen molar-refractivity contribution in [3.05, 3.63) is 48.3 Å². The molecule has 2 aliphatic rings. The number of ether oxygens (including phenoxy) is 1. The Morgan fingerprint density at radius 1 is 1.10 bits per heavy atom. The van der Waals surface area contributed by atoms with Gasteiger partial charge in [0.2, 0.25) is 11.8 Å². The van der Waals surface area contributed by atoms with Crippen molar-refractivity contribution in [2.24, 2.45) is 0 Å². The van der Waals surface area contributed by atoms with Gasteiger partial charge in [0, 0.05) is 25.7 Å². The summed E-state index contributed by atoms with van der Waals surface area (Å²) in [6.07, 6.45) is 4.88. The van der Waals surface area contributed by atoms with Gasteiger partial charge in [0.25, 0.3) is 0 Å². The molecule has 0 aliphatic carbocycles. The van der Waals surface area contributed by atoms with Crippen LogP contribution in [-0.2, 0) is 14.3 Å². The van der Waals surface area contributed by atoms with Gasteiger partial charge >= 0.3 is 0 Å². The van der Waals surface area contributed by atoms with Gasteiger partial charge in [-0.25, -0.2) is 9.97 Å². The molecule has 2 aromatic heterocycles. The van der Waals surface area contributed by atoms with E-state index >= 15 is 0 Å². The Bertz CT molecular complexity index is 876. The zero-order valence-electron chi connectivity index (χ0n) is 17.0. The van der Waals surface area contributed by atoms with Crippen LogP contribution < -0.4 is 5.32 Å². The number of pyridine rings is 2. The molecular weight excluding hydrogens is 382 g/mol. The molecule has 1 unspecified atom stereocenters. The van der Waals surface area contributed by atoms with E-state index in [1.165, 1.54) is 0 Å². The number of nitrogens with one attached hydrogen (secondary N) is 1. The normalized spacial score (nSPS) is 20.0. The maximum absolute atomic E-state index is 12.8. The van der Waals surface area contributed by atoms with E-state index in [4.69, 9.17) is 4.74 Å². The highest BCUT2D eigenvalue weighted by molar-refractivity contribution is 5.85. The number of hydrogen-bond acceptors (Lipinski definition) is 6. The minimum atomic E-state index is -0.298. The van der Waals surface area contributed by atoms with Gasteiger partial charge in [-0.15, -0.1) is 0 Å². The predicted molar refractivity (Wildman–Crippen MR) is 112 cm³/mol. The highest BCUT2D eigenvalue weighted by Crippen LogP contribution is 2.23. The first-order valence-corrected chi connectivity index (χ1v) is 10.5. The van der Waals surface area contributed by atoms with Crippen LogP contribution in [0.2, 0.25) is 0 Å². The van der Waals surface area contributed by atoms with E-state index in [1.807, 2.05) is 36.4 Å². The molecule has 4 rings (SSSR count). The summed E-state index contributed by atoms with van der Waals surface area (Å²) in [4.78, 5) is 37.4. The van der Waals surface area contributed by atoms with Crippen molar-refractivity contribution in [1.29, 1.82) is 0 Å². The number of carbonyl (C=O) groups excluding carboxylic acids is 2. The summed E-state index contributed by atoms with van der Waals surface area (Å²) in [5.74, 6) is 1.45. The fourth-order valence-corrected chi connectivity index (χ4v) is 3.79. The van der Waals surface area contributed by atoms with Crippen molar-refractivity contribution in [2.75, 3.05) is 38.1 Å². The molecule has 2 amide bonds. The lowest BCUT2D eigenvalue weighted by molar-refractivity contribution is -0.145. The lowest BCUT2D eigenvalue weighted by atomic mass is 10.2. The first-order chi connectivity index (χ1) is 14.7. The molecule has 4 heterocycles. The van der Waals surface area contributed by atoms with Crippen molar-refractivity contribution in [1.82, 2.24) is 19.8 Å². The molecule has 2 fully saturated rings. The summed E-state index contributed by atoms with van der Waals surface area (Å²) >= 11 is 0. The highest BCUT2D eigenvalue weighted by Gasteiger charge is 2.28. The molecule has 158 valence electrons. The lowest BCUT2D eigenvalue weighted by Gasteiger charge is -2.34. The molecule has 0 saturated carbocycles. The molecule has 8 heteroatoms. The molecule has 2 aliphatic heterocycles. The highest BCUT2D eigenvalue weighted by atomic mass is 16.5. The van der Waals surface area contributed by atoms with E-state index in [-0.39, 0.29) is 24.5 Å². The molecule has 2 saturated heterocycles. The molecule has 30 heavy (non-hydrogen) atoms. The van der Waals surface area contributed by atoms with Crippen LogP contribution in [0.1, 0.15) is 37.5 Å². The second-order valence-corrected chi connectivity index (χ2v) is 7.61. The second kappa shape index (κ2) is 9.67. The van der Waals surface area contributed by atoms with Crippen LogP contribution in [0.15, 0.2) is 42.6 Å². The summed E-state index contributed by atoms with van der Waals surface area (Å²) in [6.45, 7) is 2.23. The standard InChI is InChI=1S/C22H27N5O3/c28-21-10-2-1-5-12-26(21)16-22(29)27-13-14-30-18(15-27)17-7-6-9-20(24-17)25-19-8-3-4-11-23-19/h3-4,6-9,11,18H,1-2,5,10,12-16H2,(H,23,24,25). The number of likely N-dealkylation sites (tertiary alicyclic amines) is 1. The molecule has 0 aromatic carbocycles. The van der Waals surface area contributed by atoms with Gasteiger partial charge in [-0.2, -0.15) is 0 Å². The number of nitrogens with zero attached hydrogens (tertiary/aromatic N) is 4. The van der Waals surface area contributed by atoms with Gasteiger partial charge in [0.1, 0.15) is 17.7 Å². The monoisotopic (exact) mass is 409 g/mol. The minimum Gasteiger partial charge on any atom is -0.368 e. The lowest BCUT2D eigenvalue weighted by Crippen LogP contribution is -2.47. The van der Waals surface area contributed by atoms with Crippen molar-refractivity contribution < 1.29 is 14.3 Å². The summed E-state index contributed by atoms with van der Waals surface area (Å²) in [7, 11) is 0. The number of morpholine rings is 1. The summed E-state index contributed by atoms with van der Waals surface area (Å²) in [6, 6.07) is 11.3. The van der Waals surface area contributed by atoms with Crippen LogP contribution in [-0.4, -0.2) is 64.4 Å². The maximum atomic E-state index is 12.8. The molecule has 1 N–H and O–H groups in total. The van der Waals surface area contributed by atoms with Gasteiger partial charge in [-0.3, -0.25) is 9.59 Å². The van der Waals surface area contributed by atoms with Crippen LogP contribution in [0.4, 0.5) is 11.6 Å². The largest absolute Gasteiger partial charge is 0.368 e. The fourth-order valence-electron chi connectivity index (χ4n) is 3.79. The Balaban J connectivity index is 1.39. The smallest absolute Gasteiger partial charge is 0.242 e. The van der Waals surface area contributed by atoms with E-state index in [9.17, 15) is 9.59 Å². The van der Waals surface area contributed by atoms with E-state index in [0.717, 1.165) is 25.0 Å². The molecular formula is C22H27N5O3. The number of hydrogen-bond donors (Lipinski definition) is 1. The van der Waals surface area contributed by atoms with E-state index < -0.39 is 0 Å². The van der Waals surface area contributed by atoms with Gasteiger partial charge in [0.15, 0.2) is 0 Å². The van der Waals surface area contributed by atoms with Crippen LogP contribution in [0.25, 0.3) is 0 Å². The first-order valence-electron chi connectivity index (χ1n) is 10.5. The zero-order chi connectivity index (χ0) is 20.8. The van der Waals surface area contributed by atoms with E-state index in [1.54, 1.807) is 16.0 Å². The van der Waals surface area contributed by atoms with Gasteiger partial charge in [-0.1, -0.05) is 18.6 Å². The Hall–Kier alpha value is -3.00. The van der Waals surface area contributed by atoms with Crippen molar-refractivity contribution >= 4 is 23.5 Å². The molecule has 0 spiro atoms. The summed E-state index contributed by atoms with van der Waals surface area (Å²) in [5.41, 5.74) is 0.763.